The SMILES string of the molecule is CC(=O)Nc1ccc(N2CCN(C)CC2)c(=O)cc1. The number of likely N-dealkylation sites (N-methyl/N-ethyl adjacent to an activating group) is 1. The molecule has 1 amide bonds. The van der Waals surface area contributed by atoms with Gasteiger partial charge in [0.2, 0.25) is 11.3 Å². The maximum atomic E-state index is 12.1. The number of amides is 1. The molecule has 1 aliphatic rings. The molecule has 0 spiro atoms. The normalized spacial score (nSPS) is 16.2. The van der Waals surface area contributed by atoms with Crippen molar-refractivity contribution in [3.8, 4) is 0 Å². The summed E-state index contributed by atoms with van der Waals surface area (Å²) in [5.41, 5.74) is 1.33. The molecular weight excluding hydrogens is 242 g/mol. The van der Waals surface area contributed by atoms with E-state index in [1.165, 1.54) is 13.0 Å². The molecule has 0 aromatic heterocycles. The zero-order valence-corrected chi connectivity index (χ0v) is 11.3. The van der Waals surface area contributed by atoms with Crippen LogP contribution in [0.15, 0.2) is 29.1 Å². The molecule has 1 aromatic rings. The van der Waals surface area contributed by atoms with Gasteiger partial charge in [0.15, 0.2) is 0 Å². The van der Waals surface area contributed by atoms with E-state index in [2.05, 4.69) is 22.2 Å². The Labute approximate surface area is 112 Å². The molecular formula is C14H19N3O2. The number of carbonyl (C=O) groups is 1. The van der Waals surface area contributed by atoms with Crippen LogP contribution in [-0.4, -0.2) is 44.0 Å². The van der Waals surface area contributed by atoms with Gasteiger partial charge in [-0.05, 0) is 31.3 Å². The van der Waals surface area contributed by atoms with E-state index < -0.39 is 0 Å². The summed E-state index contributed by atoms with van der Waals surface area (Å²) in [6.07, 6.45) is 0. The van der Waals surface area contributed by atoms with Gasteiger partial charge >= 0.3 is 0 Å². The highest BCUT2D eigenvalue weighted by Gasteiger charge is 2.15. The van der Waals surface area contributed by atoms with Gasteiger partial charge in [0.1, 0.15) is 0 Å². The van der Waals surface area contributed by atoms with E-state index in [4.69, 9.17) is 0 Å². The lowest BCUT2D eigenvalue weighted by Gasteiger charge is -2.33. The summed E-state index contributed by atoms with van der Waals surface area (Å²) < 4.78 is 0. The lowest BCUT2D eigenvalue weighted by Crippen LogP contribution is -2.45. The smallest absolute Gasteiger partial charge is 0.221 e. The third kappa shape index (κ3) is 3.54. The molecule has 0 unspecified atom stereocenters. The van der Waals surface area contributed by atoms with E-state index >= 15 is 0 Å². The van der Waals surface area contributed by atoms with E-state index in [0.29, 0.717) is 11.4 Å². The Balaban J connectivity index is 2.24. The highest BCUT2D eigenvalue weighted by molar-refractivity contribution is 5.88. The number of rotatable bonds is 2. The van der Waals surface area contributed by atoms with E-state index in [9.17, 15) is 9.59 Å². The Bertz CT molecular complexity index is 522. The lowest BCUT2D eigenvalue weighted by atomic mass is 10.3. The molecule has 102 valence electrons. The first-order valence-corrected chi connectivity index (χ1v) is 6.42. The maximum Gasteiger partial charge on any atom is 0.221 e. The van der Waals surface area contributed by atoms with Crippen molar-refractivity contribution in [3.63, 3.8) is 0 Å². The van der Waals surface area contributed by atoms with E-state index in [-0.39, 0.29) is 11.3 Å². The Morgan fingerprint density at radius 2 is 1.74 bits per heavy atom. The number of anilines is 2. The Morgan fingerprint density at radius 3 is 2.37 bits per heavy atom. The van der Waals surface area contributed by atoms with Crippen molar-refractivity contribution in [1.29, 1.82) is 0 Å². The highest BCUT2D eigenvalue weighted by atomic mass is 16.1. The minimum Gasteiger partial charge on any atom is -0.366 e. The van der Waals surface area contributed by atoms with E-state index in [1.54, 1.807) is 18.2 Å². The number of hydrogen-bond donors (Lipinski definition) is 1. The Hall–Kier alpha value is -1.88. The van der Waals surface area contributed by atoms with Gasteiger partial charge in [-0.25, -0.2) is 0 Å². The van der Waals surface area contributed by atoms with Gasteiger partial charge in [-0.1, -0.05) is 0 Å². The second-order valence-electron chi connectivity index (χ2n) is 4.84. The minimum absolute atomic E-state index is 0.0128. The molecule has 1 fully saturated rings. The van der Waals surface area contributed by atoms with Crippen molar-refractivity contribution in [1.82, 2.24) is 4.90 Å². The van der Waals surface area contributed by atoms with Crippen LogP contribution in [0.5, 0.6) is 0 Å². The topological polar surface area (TPSA) is 52.7 Å². The summed E-state index contributed by atoms with van der Waals surface area (Å²) in [5.74, 6) is -0.139. The molecule has 19 heavy (non-hydrogen) atoms. The fourth-order valence-corrected chi connectivity index (χ4v) is 2.15. The number of nitrogens with one attached hydrogen (secondary N) is 1. The molecule has 1 aliphatic heterocycles. The van der Waals surface area contributed by atoms with Crippen LogP contribution in [0.4, 0.5) is 11.4 Å². The number of nitrogens with zero attached hydrogens (tertiary/aromatic N) is 2. The summed E-state index contributed by atoms with van der Waals surface area (Å²) in [6, 6.07) is 6.72. The van der Waals surface area contributed by atoms with Gasteiger partial charge in [-0.3, -0.25) is 9.59 Å². The van der Waals surface area contributed by atoms with Crippen molar-refractivity contribution >= 4 is 17.3 Å². The van der Waals surface area contributed by atoms with Crippen molar-refractivity contribution in [2.75, 3.05) is 43.4 Å². The first-order chi connectivity index (χ1) is 9.06. The fraction of sp³-hybridized carbons (Fsp3) is 0.429. The number of piperazine rings is 1. The van der Waals surface area contributed by atoms with Crippen LogP contribution in [0.3, 0.4) is 0 Å². The van der Waals surface area contributed by atoms with Crippen molar-refractivity contribution in [3.05, 3.63) is 34.5 Å². The van der Waals surface area contributed by atoms with Crippen molar-refractivity contribution in [2.45, 2.75) is 6.92 Å². The van der Waals surface area contributed by atoms with Gasteiger partial charge in [-0.2, -0.15) is 0 Å². The fourth-order valence-electron chi connectivity index (χ4n) is 2.15. The van der Waals surface area contributed by atoms with Crippen molar-refractivity contribution in [2.24, 2.45) is 0 Å². The monoisotopic (exact) mass is 261 g/mol. The third-order valence-corrected chi connectivity index (χ3v) is 3.25. The Kier molecular flexibility index (Phi) is 4.16. The molecule has 5 heteroatoms. The molecule has 1 aromatic carbocycles. The average molecular weight is 261 g/mol. The summed E-state index contributed by atoms with van der Waals surface area (Å²) in [4.78, 5) is 27.4. The molecule has 0 saturated carbocycles. The van der Waals surface area contributed by atoms with Gasteiger partial charge in [0.25, 0.3) is 0 Å². The summed E-state index contributed by atoms with van der Waals surface area (Å²) in [6.45, 7) is 5.07. The summed E-state index contributed by atoms with van der Waals surface area (Å²) in [5, 5.41) is 2.68. The number of carbonyl (C=O) groups excluding carboxylic acids is 1. The molecule has 2 rings (SSSR count). The molecule has 0 aliphatic carbocycles. The first kappa shape index (κ1) is 13.5. The van der Waals surface area contributed by atoms with E-state index in [1.807, 2.05) is 0 Å². The van der Waals surface area contributed by atoms with Crippen LogP contribution in [-0.2, 0) is 4.79 Å². The van der Waals surface area contributed by atoms with E-state index in [0.717, 1.165) is 26.2 Å². The second kappa shape index (κ2) is 5.84. The second-order valence-corrected chi connectivity index (χ2v) is 4.84. The zero-order valence-electron chi connectivity index (χ0n) is 11.3. The van der Waals surface area contributed by atoms with Gasteiger partial charge in [0.05, 0.1) is 5.69 Å². The third-order valence-electron chi connectivity index (χ3n) is 3.25. The van der Waals surface area contributed by atoms with Crippen LogP contribution in [0.1, 0.15) is 6.92 Å². The summed E-state index contributed by atoms with van der Waals surface area (Å²) >= 11 is 0. The number of hydrogen-bond acceptors (Lipinski definition) is 4. The molecule has 1 saturated heterocycles. The van der Waals surface area contributed by atoms with Gasteiger partial charge < -0.3 is 15.1 Å². The van der Waals surface area contributed by atoms with Crippen LogP contribution in [0.2, 0.25) is 0 Å². The largest absolute Gasteiger partial charge is 0.366 e. The minimum atomic E-state index is -0.139. The quantitative estimate of drug-likeness (QED) is 0.854. The standard InChI is InChI=1S/C14H19N3O2/c1-11(18)15-12-3-5-13(14(19)6-4-12)17-9-7-16(2)8-10-17/h3-6H,7-10H2,1-2H3,(H,15,18). The highest BCUT2D eigenvalue weighted by Crippen LogP contribution is 2.13. The first-order valence-electron chi connectivity index (χ1n) is 6.42. The Morgan fingerprint density at radius 1 is 1.11 bits per heavy atom. The zero-order chi connectivity index (χ0) is 13.8. The predicted octanol–water partition coefficient (Wildman–Crippen LogP) is 0.757. The molecule has 0 atom stereocenters. The van der Waals surface area contributed by atoms with Crippen LogP contribution >= 0.6 is 0 Å². The van der Waals surface area contributed by atoms with Gasteiger partial charge in [0, 0.05) is 38.8 Å². The predicted molar refractivity (Wildman–Crippen MR) is 76.7 cm³/mol. The molecule has 1 heterocycles. The average Bonchev–Trinajstić information content (AvgIpc) is 2.53. The molecule has 0 bridgehead atoms. The van der Waals surface area contributed by atoms with Crippen LogP contribution in [0.25, 0.3) is 0 Å². The molecule has 1 N–H and O–H groups in total. The van der Waals surface area contributed by atoms with Gasteiger partial charge in [-0.15, -0.1) is 0 Å². The van der Waals surface area contributed by atoms with Crippen molar-refractivity contribution < 1.29 is 4.79 Å². The molecule has 0 radical (unpaired) electrons. The maximum absolute atomic E-state index is 12.1. The van der Waals surface area contributed by atoms with Crippen LogP contribution < -0.4 is 15.6 Å². The molecule has 5 nitrogen and oxygen atoms in total. The van der Waals surface area contributed by atoms with Crippen LogP contribution in [0, 0.1) is 0 Å². The summed E-state index contributed by atoms with van der Waals surface area (Å²) in [7, 11) is 2.08. The lowest BCUT2D eigenvalue weighted by molar-refractivity contribution is -0.114.